The Labute approximate surface area is 123 Å². The van der Waals surface area contributed by atoms with Crippen LogP contribution in [0.5, 0.6) is 0 Å². The van der Waals surface area contributed by atoms with Crippen LogP contribution in [0.2, 0.25) is 0 Å². The Bertz CT molecular complexity index is 609. The number of ether oxygens (including phenoxy) is 1. The van der Waals surface area contributed by atoms with Crippen molar-refractivity contribution < 1.29 is 9.53 Å². The van der Waals surface area contributed by atoms with Gasteiger partial charge in [-0.2, -0.15) is 5.10 Å². The highest BCUT2D eigenvalue weighted by molar-refractivity contribution is 5.81. The Balaban J connectivity index is 2.03. The molecule has 0 aromatic heterocycles. The molecular formula is C16H17N3O2. The van der Waals surface area contributed by atoms with Gasteiger partial charge in [0.25, 0.3) is 0 Å². The second-order valence-corrected chi connectivity index (χ2v) is 4.35. The topological polar surface area (TPSA) is 53.9 Å². The maximum absolute atomic E-state index is 10.8. The molecule has 5 nitrogen and oxygen atoms in total. The van der Waals surface area contributed by atoms with Gasteiger partial charge in [0.15, 0.2) is 0 Å². The third-order valence-electron chi connectivity index (χ3n) is 2.98. The molecule has 1 amide bonds. The number of amides is 1. The highest BCUT2D eigenvalue weighted by Crippen LogP contribution is 2.22. The fourth-order valence-electron chi connectivity index (χ4n) is 1.79. The minimum Gasteiger partial charge on any atom is -0.452 e. The van der Waals surface area contributed by atoms with Gasteiger partial charge >= 0.3 is 6.09 Å². The van der Waals surface area contributed by atoms with Gasteiger partial charge < -0.3 is 9.64 Å². The second kappa shape index (κ2) is 7.09. The van der Waals surface area contributed by atoms with E-state index in [1.165, 1.54) is 7.11 Å². The molecule has 0 saturated heterocycles. The monoisotopic (exact) mass is 283 g/mol. The molecule has 0 spiro atoms. The Morgan fingerprint density at radius 3 is 2.33 bits per heavy atom. The molecule has 0 aliphatic rings. The summed E-state index contributed by atoms with van der Waals surface area (Å²) in [7, 11) is 3.30. The van der Waals surface area contributed by atoms with Crippen LogP contribution in [0.4, 0.5) is 16.2 Å². The van der Waals surface area contributed by atoms with Crippen LogP contribution < -0.4 is 10.3 Å². The molecule has 0 aliphatic heterocycles. The molecule has 2 aromatic rings. The fourth-order valence-corrected chi connectivity index (χ4v) is 1.79. The van der Waals surface area contributed by atoms with Crippen LogP contribution in [0.25, 0.3) is 0 Å². The van der Waals surface area contributed by atoms with E-state index in [1.807, 2.05) is 49.5 Å². The van der Waals surface area contributed by atoms with E-state index in [1.54, 1.807) is 6.21 Å². The van der Waals surface area contributed by atoms with E-state index in [9.17, 15) is 4.79 Å². The molecule has 0 radical (unpaired) electrons. The average Bonchev–Trinajstić information content (AvgIpc) is 2.55. The summed E-state index contributed by atoms with van der Waals surface area (Å²) in [5, 5.41) is 3.78. The highest BCUT2D eigenvalue weighted by atomic mass is 16.5. The highest BCUT2D eigenvalue weighted by Gasteiger charge is 2.02. The predicted molar refractivity (Wildman–Crippen MR) is 84.1 cm³/mol. The van der Waals surface area contributed by atoms with E-state index in [0.717, 1.165) is 16.9 Å². The summed E-state index contributed by atoms with van der Waals surface area (Å²) >= 11 is 0. The summed E-state index contributed by atoms with van der Waals surface area (Å²) in [6.45, 7) is 0. The minimum atomic E-state index is -0.591. The van der Waals surface area contributed by atoms with Crippen molar-refractivity contribution in [3.05, 3.63) is 60.2 Å². The number of benzene rings is 2. The molecule has 108 valence electrons. The number of hydrazone groups is 1. The van der Waals surface area contributed by atoms with E-state index in [2.05, 4.69) is 32.3 Å². The van der Waals surface area contributed by atoms with Crippen LogP contribution in [-0.4, -0.2) is 26.5 Å². The van der Waals surface area contributed by atoms with E-state index in [-0.39, 0.29) is 0 Å². The molecule has 0 heterocycles. The zero-order chi connectivity index (χ0) is 15.1. The summed E-state index contributed by atoms with van der Waals surface area (Å²) < 4.78 is 4.42. The van der Waals surface area contributed by atoms with Crippen LogP contribution in [0.3, 0.4) is 0 Å². The summed E-state index contributed by atoms with van der Waals surface area (Å²) in [5.74, 6) is 0. The van der Waals surface area contributed by atoms with Gasteiger partial charge in [-0.15, -0.1) is 0 Å². The molecule has 2 aromatic carbocycles. The van der Waals surface area contributed by atoms with Gasteiger partial charge in [-0.3, -0.25) is 0 Å². The second-order valence-electron chi connectivity index (χ2n) is 4.35. The zero-order valence-electron chi connectivity index (χ0n) is 12.0. The summed E-state index contributed by atoms with van der Waals surface area (Å²) in [6.07, 6.45) is 0.968. The van der Waals surface area contributed by atoms with Crippen molar-refractivity contribution in [2.45, 2.75) is 0 Å². The van der Waals surface area contributed by atoms with E-state index >= 15 is 0 Å². The van der Waals surface area contributed by atoms with E-state index in [0.29, 0.717) is 0 Å². The maximum atomic E-state index is 10.8. The number of nitrogens with one attached hydrogen (secondary N) is 1. The van der Waals surface area contributed by atoms with Crippen LogP contribution in [0, 0.1) is 0 Å². The number of anilines is 2. The lowest BCUT2D eigenvalue weighted by Gasteiger charge is -2.19. The Morgan fingerprint density at radius 1 is 1.10 bits per heavy atom. The zero-order valence-corrected chi connectivity index (χ0v) is 12.0. The largest absolute Gasteiger partial charge is 0.452 e. The number of nitrogens with zero attached hydrogens (tertiary/aromatic N) is 2. The van der Waals surface area contributed by atoms with Crippen molar-refractivity contribution in [1.29, 1.82) is 0 Å². The normalized spacial score (nSPS) is 10.4. The van der Waals surface area contributed by atoms with Crippen molar-refractivity contribution in [3.8, 4) is 0 Å². The van der Waals surface area contributed by atoms with E-state index in [4.69, 9.17) is 0 Å². The van der Waals surface area contributed by atoms with Crippen molar-refractivity contribution >= 4 is 23.7 Å². The molecule has 0 aliphatic carbocycles. The molecule has 2 rings (SSSR count). The molecule has 0 saturated carbocycles. The quantitative estimate of drug-likeness (QED) is 0.692. The molecule has 0 unspecified atom stereocenters. The fraction of sp³-hybridized carbons (Fsp3) is 0.125. The van der Waals surface area contributed by atoms with Crippen molar-refractivity contribution in [2.24, 2.45) is 5.10 Å². The average molecular weight is 283 g/mol. The number of hydrogen-bond acceptors (Lipinski definition) is 4. The molecule has 0 atom stereocenters. The minimum absolute atomic E-state index is 0.591. The van der Waals surface area contributed by atoms with Gasteiger partial charge in [-0.05, 0) is 29.8 Å². The van der Waals surface area contributed by atoms with Gasteiger partial charge in [0, 0.05) is 18.4 Å². The maximum Gasteiger partial charge on any atom is 0.427 e. The van der Waals surface area contributed by atoms with Gasteiger partial charge in [0.1, 0.15) is 0 Å². The summed E-state index contributed by atoms with van der Waals surface area (Å²) in [5.41, 5.74) is 5.31. The number of rotatable bonds is 4. The Kier molecular flexibility index (Phi) is 4.93. The van der Waals surface area contributed by atoms with Gasteiger partial charge in [0.2, 0.25) is 0 Å². The van der Waals surface area contributed by atoms with Gasteiger partial charge in [0.05, 0.1) is 13.3 Å². The number of carbonyl (C=O) groups is 1. The first-order chi connectivity index (χ1) is 10.2. The lowest BCUT2D eigenvalue weighted by Crippen LogP contribution is -2.16. The standard InChI is InChI=1S/C16H17N3O2/c1-19(14-6-4-3-5-7-14)15-10-8-13(9-11-15)12-17-18-16(20)21-2/h3-12H,1-2H3,(H,18,20). The predicted octanol–water partition coefficient (Wildman–Crippen LogP) is 3.14. The Hall–Kier alpha value is -2.82. The Morgan fingerprint density at radius 2 is 1.71 bits per heavy atom. The summed E-state index contributed by atoms with van der Waals surface area (Å²) in [4.78, 5) is 12.9. The molecule has 1 N–H and O–H groups in total. The first-order valence-corrected chi connectivity index (χ1v) is 6.46. The molecule has 21 heavy (non-hydrogen) atoms. The lowest BCUT2D eigenvalue weighted by atomic mass is 10.2. The number of hydrogen-bond donors (Lipinski definition) is 1. The third kappa shape index (κ3) is 4.07. The molecule has 0 fully saturated rings. The summed E-state index contributed by atoms with van der Waals surface area (Å²) in [6, 6.07) is 17.9. The first kappa shape index (κ1) is 14.6. The SMILES string of the molecule is COC(=O)NN=Cc1ccc(N(C)c2ccccc2)cc1. The van der Waals surface area contributed by atoms with Crippen LogP contribution >= 0.6 is 0 Å². The van der Waals surface area contributed by atoms with Crippen molar-refractivity contribution in [3.63, 3.8) is 0 Å². The third-order valence-corrected chi connectivity index (χ3v) is 2.98. The lowest BCUT2D eigenvalue weighted by molar-refractivity contribution is 0.171. The van der Waals surface area contributed by atoms with Gasteiger partial charge in [-0.25, -0.2) is 10.2 Å². The number of para-hydroxylation sites is 1. The molecule has 5 heteroatoms. The van der Waals surface area contributed by atoms with Crippen LogP contribution in [0.15, 0.2) is 59.7 Å². The van der Waals surface area contributed by atoms with Gasteiger partial charge in [-0.1, -0.05) is 30.3 Å². The first-order valence-electron chi connectivity index (χ1n) is 6.46. The molecule has 0 bridgehead atoms. The smallest absolute Gasteiger partial charge is 0.427 e. The van der Waals surface area contributed by atoms with Crippen LogP contribution in [0.1, 0.15) is 5.56 Å². The number of carbonyl (C=O) groups excluding carboxylic acids is 1. The number of methoxy groups -OCH3 is 1. The van der Waals surface area contributed by atoms with Crippen LogP contribution in [-0.2, 0) is 4.74 Å². The van der Waals surface area contributed by atoms with E-state index < -0.39 is 6.09 Å². The molecular weight excluding hydrogens is 266 g/mol. The van der Waals surface area contributed by atoms with Crippen molar-refractivity contribution in [2.75, 3.05) is 19.1 Å². The van der Waals surface area contributed by atoms with Crippen molar-refractivity contribution in [1.82, 2.24) is 5.43 Å².